The lowest BCUT2D eigenvalue weighted by Crippen LogP contribution is -2.46. The Balaban J connectivity index is 1.38. The van der Waals surface area contributed by atoms with Gasteiger partial charge in [0.05, 0.1) is 0 Å². The number of ether oxygens (including phenoxy) is 1. The lowest BCUT2D eigenvalue weighted by atomic mass is 9.96. The van der Waals surface area contributed by atoms with Crippen molar-refractivity contribution in [3.8, 4) is 11.6 Å². The molecule has 3 atom stereocenters. The van der Waals surface area contributed by atoms with E-state index in [2.05, 4.69) is 15.2 Å². The maximum absolute atomic E-state index is 12.5. The predicted molar refractivity (Wildman–Crippen MR) is 96.2 cm³/mol. The summed E-state index contributed by atoms with van der Waals surface area (Å²) in [5, 5.41) is 3.61. The van der Waals surface area contributed by atoms with Crippen LogP contribution >= 0.6 is 11.6 Å². The van der Waals surface area contributed by atoms with Crippen molar-refractivity contribution in [1.29, 1.82) is 0 Å². The number of hydrogen-bond acceptors (Lipinski definition) is 4. The highest BCUT2D eigenvalue weighted by Crippen LogP contribution is 2.28. The van der Waals surface area contributed by atoms with Crippen LogP contribution < -0.4 is 10.1 Å². The molecule has 4 rings (SSSR count). The summed E-state index contributed by atoms with van der Waals surface area (Å²) in [6.45, 7) is 3.31. The Labute approximate surface area is 152 Å². The van der Waals surface area contributed by atoms with Crippen LogP contribution in [0.5, 0.6) is 11.6 Å². The number of nitrogens with one attached hydrogen (secondary N) is 1. The van der Waals surface area contributed by atoms with Crippen LogP contribution in [0.3, 0.4) is 0 Å². The van der Waals surface area contributed by atoms with E-state index in [9.17, 15) is 4.79 Å². The lowest BCUT2D eigenvalue weighted by Gasteiger charge is -2.30. The van der Waals surface area contributed by atoms with E-state index in [0.717, 1.165) is 18.9 Å². The van der Waals surface area contributed by atoms with Crippen LogP contribution in [0.4, 0.5) is 0 Å². The first kappa shape index (κ1) is 16.4. The Kier molecular flexibility index (Phi) is 4.59. The summed E-state index contributed by atoms with van der Waals surface area (Å²) >= 11 is 6.04. The van der Waals surface area contributed by atoms with Crippen molar-refractivity contribution in [2.45, 2.75) is 18.9 Å². The molecule has 130 valence electrons. The van der Waals surface area contributed by atoms with Gasteiger partial charge in [-0.2, -0.15) is 0 Å². The first-order valence-electron chi connectivity index (χ1n) is 8.59. The van der Waals surface area contributed by atoms with E-state index < -0.39 is 0 Å². The van der Waals surface area contributed by atoms with Crippen molar-refractivity contribution in [3.05, 3.63) is 53.2 Å². The highest BCUT2D eigenvalue weighted by molar-refractivity contribution is 6.31. The second-order valence-corrected chi connectivity index (χ2v) is 7.14. The minimum Gasteiger partial charge on any atom is -0.438 e. The fourth-order valence-corrected chi connectivity index (χ4v) is 3.83. The molecule has 2 saturated heterocycles. The largest absolute Gasteiger partial charge is 0.438 e. The molecule has 0 aliphatic carbocycles. The number of pyridine rings is 1. The number of nitrogens with zero attached hydrogens (tertiary/aromatic N) is 2. The molecule has 1 aromatic heterocycles. The van der Waals surface area contributed by atoms with Gasteiger partial charge < -0.3 is 15.0 Å². The smallest absolute Gasteiger partial charge is 0.251 e. The van der Waals surface area contributed by atoms with Crippen LogP contribution in [0.15, 0.2) is 42.6 Å². The lowest BCUT2D eigenvalue weighted by molar-refractivity contribution is 0.0909. The van der Waals surface area contributed by atoms with Crippen LogP contribution in [0.25, 0.3) is 0 Å². The van der Waals surface area contributed by atoms with Crippen LogP contribution in [0, 0.1) is 5.92 Å². The Morgan fingerprint density at radius 3 is 2.84 bits per heavy atom. The second kappa shape index (κ2) is 7.02. The Bertz CT molecular complexity index is 754. The third kappa shape index (κ3) is 3.78. The molecular weight excluding hydrogens is 338 g/mol. The standard InChI is InChI=1S/C19H20ClN3O2/c20-17-2-1-8-21-19(17)25-16-5-3-14(4-6-16)18(24)22-15-10-13-7-9-23(11-13)12-15/h1-6,8,13,15H,7,9-12H2,(H,22,24)/t13-,15+/m0/s1. The van der Waals surface area contributed by atoms with Crippen molar-refractivity contribution in [2.75, 3.05) is 19.6 Å². The normalized spacial score (nSPS) is 24.8. The number of amides is 1. The number of piperidine rings is 1. The van der Waals surface area contributed by atoms with Gasteiger partial charge >= 0.3 is 0 Å². The van der Waals surface area contributed by atoms with Crippen molar-refractivity contribution in [1.82, 2.24) is 15.2 Å². The van der Waals surface area contributed by atoms with E-state index >= 15 is 0 Å². The number of benzene rings is 1. The van der Waals surface area contributed by atoms with Gasteiger partial charge in [0.1, 0.15) is 10.8 Å². The second-order valence-electron chi connectivity index (χ2n) is 6.74. The maximum Gasteiger partial charge on any atom is 0.251 e. The van der Waals surface area contributed by atoms with Gasteiger partial charge in [-0.25, -0.2) is 4.98 Å². The molecule has 2 aromatic rings. The molecule has 1 amide bonds. The predicted octanol–water partition coefficient (Wildman–Crippen LogP) is 3.35. The third-order valence-electron chi connectivity index (χ3n) is 4.86. The maximum atomic E-state index is 12.5. The average molecular weight is 358 g/mol. The Hall–Kier alpha value is -2.11. The number of rotatable bonds is 4. The molecule has 2 aliphatic heterocycles. The summed E-state index contributed by atoms with van der Waals surface area (Å²) in [5.74, 6) is 1.65. The van der Waals surface area contributed by atoms with Gasteiger partial charge in [0.2, 0.25) is 5.88 Å². The van der Waals surface area contributed by atoms with Gasteiger partial charge in [-0.3, -0.25) is 4.79 Å². The van der Waals surface area contributed by atoms with Gasteiger partial charge in [0, 0.05) is 30.9 Å². The van der Waals surface area contributed by atoms with E-state index in [1.54, 1.807) is 42.6 Å². The number of aromatic nitrogens is 1. The van der Waals surface area contributed by atoms with Gasteiger partial charge in [0.15, 0.2) is 0 Å². The molecule has 1 unspecified atom stereocenters. The van der Waals surface area contributed by atoms with E-state index in [1.807, 2.05) is 0 Å². The van der Waals surface area contributed by atoms with Gasteiger partial charge in [0.25, 0.3) is 5.91 Å². The van der Waals surface area contributed by atoms with Gasteiger partial charge in [-0.1, -0.05) is 11.6 Å². The fraction of sp³-hybridized carbons (Fsp3) is 0.368. The zero-order valence-electron chi connectivity index (χ0n) is 13.8. The molecule has 25 heavy (non-hydrogen) atoms. The Morgan fingerprint density at radius 2 is 2.08 bits per heavy atom. The molecule has 2 fully saturated rings. The minimum atomic E-state index is -0.0325. The van der Waals surface area contributed by atoms with E-state index in [0.29, 0.717) is 22.2 Å². The number of carbonyl (C=O) groups excluding carboxylic acids is 1. The molecule has 0 saturated carbocycles. The minimum absolute atomic E-state index is 0.0325. The molecule has 1 N–H and O–H groups in total. The SMILES string of the molecule is O=C(N[C@@H]1C[C@@H]2CCN(C2)C1)c1ccc(Oc2ncccc2Cl)cc1. The van der Waals surface area contributed by atoms with Crippen molar-refractivity contribution in [2.24, 2.45) is 5.92 Å². The third-order valence-corrected chi connectivity index (χ3v) is 5.15. The molecule has 3 heterocycles. The number of hydrogen-bond donors (Lipinski definition) is 1. The van der Waals surface area contributed by atoms with E-state index in [-0.39, 0.29) is 11.9 Å². The number of carbonyl (C=O) groups is 1. The van der Waals surface area contributed by atoms with E-state index in [1.165, 1.54) is 19.5 Å². The van der Waals surface area contributed by atoms with Gasteiger partial charge in [-0.15, -0.1) is 0 Å². The van der Waals surface area contributed by atoms with Gasteiger partial charge in [-0.05, 0) is 61.7 Å². The first-order valence-corrected chi connectivity index (χ1v) is 8.97. The molecule has 6 heteroatoms. The summed E-state index contributed by atoms with van der Waals surface area (Å²) in [6.07, 6.45) is 3.96. The van der Waals surface area contributed by atoms with E-state index in [4.69, 9.17) is 16.3 Å². The van der Waals surface area contributed by atoms with Crippen molar-refractivity contribution in [3.63, 3.8) is 0 Å². The first-order chi connectivity index (χ1) is 12.2. The molecule has 0 radical (unpaired) electrons. The van der Waals surface area contributed by atoms with Crippen molar-refractivity contribution >= 4 is 17.5 Å². The summed E-state index contributed by atoms with van der Waals surface area (Å²) in [4.78, 5) is 19.0. The monoisotopic (exact) mass is 357 g/mol. The quantitative estimate of drug-likeness (QED) is 0.911. The summed E-state index contributed by atoms with van der Waals surface area (Å²) in [5.41, 5.74) is 0.632. The Morgan fingerprint density at radius 1 is 1.24 bits per heavy atom. The average Bonchev–Trinajstić information content (AvgIpc) is 2.96. The number of halogens is 1. The summed E-state index contributed by atoms with van der Waals surface area (Å²) < 4.78 is 5.65. The van der Waals surface area contributed by atoms with Crippen LogP contribution in [0.2, 0.25) is 5.02 Å². The molecular formula is C19H20ClN3O2. The highest BCUT2D eigenvalue weighted by atomic mass is 35.5. The summed E-state index contributed by atoms with van der Waals surface area (Å²) in [6, 6.07) is 10.8. The number of fused-ring (bicyclic) bond motifs is 2. The molecule has 0 spiro atoms. The van der Waals surface area contributed by atoms with Crippen molar-refractivity contribution < 1.29 is 9.53 Å². The van der Waals surface area contributed by atoms with Crippen LogP contribution in [-0.4, -0.2) is 41.5 Å². The molecule has 1 aromatic carbocycles. The highest BCUT2D eigenvalue weighted by Gasteiger charge is 2.32. The van der Waals surface area contributed by atoms with Crippen LogP contribution in [0.1, 0.15) is 23.2 Å². The topological polar surface area (TPSA) is 54.5 Å². The molecule has 5 nitrogen and oxygen atoms in total. The molecule has 2 bridgehead atoms. The zero-order valence-corrected chi connectivity index (χ0v) is 14.6. The zero-order chi connectivity index (χ0) is 17.2. The summed E-state index contributed by atoms with van der Waals surface area (Å²) in [7, 11) is 0. The fourth-order valence-electron chi connectivity index (χ4n) is 3.67. The van der Waals surface area contributed by atoms with Crippen LogP contribution in [-0.2, 0) is 0 Å². The molecule has 2 aliphatic rings.